The fraction of sp³-hybridized carbons (Fsp3) is 0.523. The van der Waals surface area contributed by atoms with Crippen LogP contribution in [0.15, 0.2) is 48.8 Å². The molecule has 3 aliphatic carbocycles. The molecule has 11 rings (SSSR count). The van der Waals surface area contributed by atoms with E-state index < -0.39 is 5.41 Å². The van der Waals surface area contributed by atoms with E-state index in [1.807, 2.05) is 36.4 Å². The van der Waals surface area contributed by atoms with Gasteiger partial charge in [0.05, 0.1) is 42.1 Å². The number of ether oxygens (including phenoxy) is 1. The number of nitrogens with zero attached hydrogens (tertiary/aromatic N) is 6. The molecule has 3 saturated carbocycles. The SMILES string of the molecule is CNC(=O)c1cc(Nc2nc(-c3ccc4c(c3)N(C3CC(N5C[C@H]6CC[C@@H]5C6)C3)C(=O)C43CCN(C(=O)C4COC4)CC3)cc3ncn(C4CC4)c23)ccc1C. The number of amides is 3. The molecule has 4 aliphatic heterocycles. The average molecular weight is 755 g/mol. The van der Waals surface area contributed by atoms with Gasteiger partial charge < -0.3 is 29.7 Å². The number of nitrogens with one attached hydrogen (secondary N) is 2. The van der Waals surface area contributed by atoms with Crippen molar-refractivity contribution in [2.45, 2.75) is 94.3 Å². The molecule has 6 fully saturated rings. The van der Waals surface area contributed by atoms with Crippen molar-refractivity contribution in [3.63, 3.8) is 0 Å². The van der Waals surface area contributed by atoms with Gasteiger partial charge in [-0.15, -0.1) is 0 Å². The number of likely N-dealkylation sites (tertiary alicyclic amines) is 2. The Labute approximate surface area is 327 Å². The quantitative estimate of drug-likeness (QED) is 0.235. The number of carbonyl (C=O) groups excluding carboxylic acids is 3. The van der Waals surface area contributed by atoms with Crippen LogP contribution in [0.1, 0.15) is 85.3 Å². The Morgan fingerprint density at radius 2 is 1.71 bits per heavy atom. The van der Waals surface area contributed by atoms with E-state index in [0.29, 0.717) is 62.6 Å². The minimum absolute atomic E-state index is 0.0498. The third-order valence-electron chi connectivity index (χ3n) is 14.5. The predicted molar refractivity (Wildman–Crippen MR) is 213 cm³/mol. The van der Waals surface area contributed by atoms with Crippen LogP contribution in [0.5, 0.6) is 0 Å². The molecule has 2 aromatic heterocycles. The zero-order valence-electron chi connectivity index (χ0n) is 32.3. The van der Waals surface area contributed by atoms with Gasteiger partial charge >= 0.3 is 0 Å². The number of fused-ring (bicyclic) bond motifs is 5. The summed E-state index contributed by atoms with van der Waals surface area (Å²) >= 11 is 0. The highest BCUT2D eigenvalue weighted by Gasteiger charge is 2.57. The molecule has 2 atom stereocenters. The van der Waals surface area contributed by atoms with Crippen molar-refractivity contribution < 1.29 is 19.1 Å². The lowest BCUT2D eigenvalue weighted by molar-refractivity contribution is -0.152. The molecule has 12 nitrogen and oxygen atoms in total. The van der Waals surface area contributed by atoms with Crippen molar-refractivity contribution in [2.24, 2.45) is 11.8 Å². The molecule has 56 heavy (non-hydrogen) atoms. The standard InChI is InChI=1S/C44H50N8O4/c1-25-3-6-29(17-34(25)41(53)45-2)47-40-39-37(46-24-51(39)30-8-9-30)20-36(48-40)27-5-10-35-38(16-27)52(33-18-32(19-33)50-21-26-4-7-31(50)15-26)43(55)44(35)11-13-49(14-12-44)42(54)28-22-56-23-28/h3,5-6,10,16-17,20,24,26,28,30-33H,4,7-9,11-15,18-19,21-23H2,1-2H3,(H,45,53)(H,47,48)/t26-,31+,32?,33?/m0/s1. The van der Waals surface area contributed by atoms with E-state index >= 15 is 4.79 Å². The second-order valence-corrected chi connectivity index (χ2v) is 17.7. The number of rotatable bonds is 8. The van der Waals surface area contributed by atoms with Gasteiger partial charge in [-0.3, -0.25) is 19.3 Å². The summed E-state index contributed by atoms with van der Waals surface area (Å²) in [6, 6.07) is 16.2. The maximum absolute atomic E-state index is 15.0. The summed E-state index contributed by atoms with van der Waals surface area (Å²) in [6.07, 6.45) is 11.4. The predicted octanol–water partition coefficient (Wildman–Crippen LogP) is 5.71. The lowest BCUT2D eigenvalue weighted by atomic mass is 9.73. The number of benzene rings is 2. The molecule has 4 aromatic rings. The summed E-state index contributed by atoms with van der Waals surface area (Å²) in [4.78, 5) is 58.0. The van der Waals surface area contributed by atoms with Gasteiger partial charge in [-0.05, 0) is 106 Å². The molecular formula is C44H50N8O4. The summed E-state index contributed by atoms with van der Waals surface area (Å²) in [5.74, 6) is 1.72. The molecule has 2 N–H and O–H groups in total. The minimum atomic E-state index is -0.639. The Kier molecular flexibility index (Phi) is 7.91. The monoisotopic (exact) mass is 754 g/mol. The molecule has 1 spiro atoms. The van der Waals surface area contributed by atoms with E-state index in [0.717, 1.165) is 82.4 Å². The largest absolute Gasteiger partial charge is 0.380 e. The number of piperidine rings is 2. The zero-order valence-corrected chi connectivity index (χ0v) is 32.3. The number of imidazole rings is 1. The Morgan fingerprint density at radius 1 is 0.911 bits per heavy atom. The van der Waals surface area contributed by atoms with Crippen LogP contribution in [0.4, 0.5) is 17.2 Å². The first-order valence-corrected chi connectivity index (χ1v) is 20.9. The van der Waals surface area contributed by atoms with E-state index in [2.05, 4.69) is 49.3 Å². The van der Waals surface area contributed by atoms with E-state index in [4.69, 9.17) is 14.7 Å². The van der Waals surface area contributed by atoms with Crippen LogP contribution in [0, 0.1) is 18.8 Å². The lowest BCUT2D eigenvalue weighted by Gasteiger charge is -2.48. The van der Waals surface area contributed by atoms with Crippen molar-refractivity contribution in [1.29, 1.82) is 0 Å². The van der Waals surface area contributed by atoms with Crippen molar-refractivity contribution in [3.05, 3.63) is 65.5 Å². The van der Waals surface area contributed by atoms with E-state index in [9.17, 15) is 9.59 Å². The maximum atomic E-state index is 15.0. The summed E-state index contributed by atoms with van der Waals surface area (Å²) < 4.78 is 7.55. The summed E-state index contributed by atoms with van der Waals surface area (Å²) in [6.45, 7) is 5.32. The van der Waals surface area contributed by atoms with Crippen LogP contribution in [0.25, 0.3) is 22.3 Å². The van der Waals surface area contributed by atoms with Gasteiger partial charge in [0.15, 0.2) is 5.82 Å². The van der Waals surface area contributed by atoms with E-state index in [1.165, 1.54) is 25.8 Å². The number of carbonyl (C=O) groups is 3. The molecule has 0 radical (unpaired) electrons. The van der Waals surface area contributed by atoms with Crippen LogP contribution < -0.4 is 15.5 Å². The van der Waals surface area contributed by atoms with Gasteiger partial charge in [-0.2, -0.15) is 0 Å². The topological polar surface area (TPSA) is 125 Å². The molecular weight excluding hydrogens is 705 g/mol. The maximum Gasteiger partial charge on any atom is 0.251 e. The van der Waals surface area contributed by atoms with Crippen LogP contribution in [-0.2, 0) is 19.7 Å². The number of aryl methyl sites for hydroxylation is 1. The van der Waals surface area contributed by atoms with Gasteiger partial charge in [0.25, 0.3) is 5.91 Å². The lowest BCUT2D eigenvalue weighted by Crippen LogP contribution is -2.59. The van der Waals surface area contributed by atoms with E-state index in [-0.39, 0.29) is 29.7 Å². The van der Waals surface area contributed by atoms with Crippen molar-refractivity contribution in [1.82, 2.24) is 29.7 Å². The van der Waals surface area contributed by atoms with Crippen LogP contribution in [0.2, 0.25) is 0 Å². The normalized spacial score (nSPS) is 26.8. The molecule has 6 heterocycles. The average Bonchev–Trinajstić information content (AvgIpc) is 3.47. The highest BCUT2D eigenvalue weighted by molar-refractivity contribution is 6.09. The molecule has 290 valence electrons. The Balaban J connectivity index is 0.956. The number of anilines is 3. The van der Waals surface area contributed by atoms with Crippen LogP contribution >= 0.6 is 0 Å². The molecule has 12 heteroatoms. The first kappa shape index (κ1) is 34.4. The molecule has 2 aromatic carbocycles. The Bertz CT molecular complexity index is 2280. The van der Waals surface area contributed by atoms with Crippen molar-refractivity contribution in [3.8, 4) is 11.3 Å². The van der Waals surface area contributed by atoms with Gasteiger partial charge in [0, 0.05) is 73.4 Å². The Morgan fingerprint density at radius 3 is 2.41 bits per heavy atom. The first-order chi connectivity index (χ1) is 27.3. The minimum Gasteiger partial charge on any atom is -0.380 e. The Hall–Kier alpha value is -4.81. The van der Waals surface area contributed by atoms with Crippen LogP contribution in [0.3, 0.4) is 0 Å². The molecule has 3 saturated heterocycles. The zero-order chi connectivity index (χ0) is 37.9. The highest BCUT2D eigenvalue weighted by atomic mass is 16.5. The summed E-state index contributed by atoms with van der Waals surface area (Å²) in [5.41, 5.74) is 7.24. The third-order valence-corrected chi connectivity index (χ3v) is 14.5. The smallest absolute Gasteiger partial charge is 0.251 e. The molecule has 7 aliphatic rings. The van der Waals surface area contributed by atoms with Gasteiger partial charge in [0.2, 0.25) is 11.8 Å². The van der Waals surface area contributed by atoms with E-state index in [1.54, 1.807) is 7.05 Å². The van der Waals surface area contributed by atoms with Crippen molar-refractivity contribution in [2.75, 3.05) is 50.1 Å². The second-order valence-electron chi connectivity index (χ2n) is 17.7. The summed E-state index contributed by atoms with van der Waals surface area (Å²) in [7, 11) is 1.65. The molecule has 0 unspecified atom stereocenters. The number of aromatic nitrogens is 3. The fourth-order valence-electron chi connectivity index (χ4n) is 10.9. The van der Waals surface area contributed by atoms with Crippen molar-refractivity contribution >= 4 is 45.9 Å². The van der Waals surface area contributed by atoms with Gasteiger partial charge in [-0.1, -0.05) is 18.2 Å². The van der Waals surface area contributed by atoms with Gasteiger partial charge in [0.1, 0.15) is 5.52 Å². The number of pyridine rings is 1. The first-order valence-electron chi connectivity index (χ1n) is 20.9. The third kappa shape index (κ3) is 5.35. The van der Waals surface area contributed by atoms with Gasteiger partial charge in [-0.25, -0.2) is 9.97 Å². The second kappa shape index (κ2) is 12.9. The number of hydrogen-bond acceptors (Lipinski definition) is 8. The highest BCUT2D eigenvalue weighted by Crippen LogP contribution is 2.53. The molecule has 3 amide bonds. The number of hydrogen-bond donors (Lipinski definition) is 2. The summed E-state index contributed by atoms with van der Waals surface area (Å²) in [5, 5.41) is 6.33. The fourth-order valence-corrected chi connectivity index (χ4v) is 10.9. The molecule has 2 bridgehead atoms. The van der Waals surface area contributed by atoms with Crippen LogP contribution in [-0.4, -0.2) is 100 Å².